The van der Waals surface area contributed by atoms with Gasteiger partial charge >= 0.3 is 6.18 Å². The zero-order valence-electron chi connectivity index (χ0n) is 11.8. The zero-order chi connectivity index (χ0) is 15.2. The lowest BCUT2D eigenvalue weighted by Gasteiger charge is -2.39. The molecule has 1 aromatic rings. The van der Waals surface area contributed by atoms with Crippen LogP contribution in [-0.2, 0) is 12.6 Å². The van der Waals surface area contributed by atoms with Gasteiger partial charge in [-0.15, -0.1) is 0 Å². The van der Waals surface area contributed by atoms with Crippen molar-refractivity contribution in [1.82, 2.24) is 10.3 Å². The van der Waals surface area contributed by atoms with Crippen LogP contribution in [0.3, 0.4) is 0 Å². The van der Waals surface area contributed by atoms with Crippen molar-refractivity contribution in [2.45, 2.75) is 44.3 Å². The van der Waals surface area contributed by atoms with Crippen molar-refractivity contribution in [2.24, 2.45) is 0 Å². The van der Waals surface area contributed by atoms with Gasteiger partial charge in [0.05, 0.1) is 0 Å². The standard InChI is InChI=1S/C13H17F3N2.CH4S/c1-12(7-3-8-12)17-9-6-10-4-2-5-11(18-10)13(14,15)16;1-2/h2,4-5,17H,3,6-9H2,1H3;2H,1H3. The van der Waals surface area contributed by atoms with Gasteiger partial charge < -0.3 is 5.32 Å². The molecule has 0 spiro atoms. The number of rotatable bonds is 4. The lowest BCUT2D eigenvalue weighted by Crippen LogP contribution is -2.48. The quantitative estimate of drug-likeness (QED) is 0.829. The van der Waals surface area contributed by atoms with Crippen LogP contribution in [0.1, 0.15) is 37.6 Å². The summed E-state index contributed by atoms with van der Waals surface area (Å²) in [6.45, 7) is 2.82. The first kappa shape index (κ1) is 17.3. The van der Waals surface area contributed by atoms with E-state index in [1.165, 1.54) is 12.5 Å². The number of hydrogen-bond acceptors (Lipinski definition) is 3. The van der Waals surface area contributed by atoms with Gasteiger partial charge in [0.15, 0.2) is 0 Å². The van der Waals surface area contributed by atoms with Crippen LogP contribution in [0.2, 0.25) is 0 Å². The summed E-state index contributed by atoms with van der Waals surface area (Å²) >= 11 is 3.53. The Labute approximate surface area is 123 Å². The Bertz CT molecular complexity index is 417. The third-order valence-corrected chi connectivity index (χ3v) is 3.49. The molecule has 0 radical (unpaired) electrons. The Morgan fingerprint density at radius 2 is 1.95 bits per heavy atom. The average Bonchev–Trinajstić information content (AvgIpc) is 2.38. The molecule has 1 heterocycles. The Balaban J connectivity index is 0.000000956. The number of aromatic nitrogens is 1. The molecule has 0 unspecified atom stereocenters. The number of nitrogens with one attached hydrogen (secondary N) is 1. The molecule has 114 valence electrons. The molecule has 2 rings (SSSR count). The molecule has 1 aliphatic carbocycles. The Kier molecular flexibility index (Phi) is 6.33. The maximum absolute atomic E-state index is 12.5. The SMILES string of the molecule is CC1(NCCc2cccc(C(F)(F)F)n2)CCC1.CS. The highest BCUT2D eigenvalue weighted by Gasteiger charge is 2.33. The fourth-order valence-corrected chi connectivity index (χ4v) is 2.15. The van der Waals surface area contributed by atoms with Crippen molar-refractivity contribution in [3.63, 3.8) is 0 Å². The molecular formula is C14H21F3N2S. The molecule has 1 saturated carbocycles. The first-order valence-corrected chi connectivity index (χ1v) is 7.51. The van der Waals surface area contributed by atoms with Gasteiger partial charge in [0.2, 0.25) is 0 Å². The number of thiol groups is 1. The average molecular weight is 306 g/mol. The van der Waals surface area contributed by atoms with Crippen LogP contribution in [-0.4, -0.2) is 23.3 Å². The minimum absolute atomic E-state index is 0.182. The summed E-state index contributed by atoms with van der Waals surface area (Å²) in [5, 5.41) is 3.38. The molecule has 0 saturated heterocycles. The van der Waals surface area contributed by atoms with E-state index in [1.807, 2.05) is 0 Å². The highest BCUT2D eigenvalue weighted by Crippen LogP contribution is 2.31. The number of pyridine rings is 1. The van der Waals surface area contributed by atoms with Crippen LogP contribution in [0.25, 0.3) is 0 Å². The van der Waals surface area contributed by atoms with E-state index in [2.05, 4.69) is 29.9 Å². The topological polar surface area (TPSA) is 24.9 Å². The number of hydrogen-bond donors (Lipinski definition) is 2. The normalized spacial score (nSPS) is 16.9. The molecule has 1 N–H and O–H groups in total. The van der Waals surface area contributed by atoms with Crippen LogP contribution in [0.15, 0.2) is 18.2 Å². The van der Waals surface area contributed by atoms with Crippen LogP contribution in [0.5, 0.6) is 0 Å². The molecule has 1 aromatic heterocycles. The first-order chi connectivity index (χ1) is 9.39. The van der Waals surface area contributed by atoms with Crippen LogP contribution >= 0.6 is 12.6 Å². The second-order valence-electron chi connectivity index (χ2n) is 5.10. The van der Waals surface area contributed by atoms with E-state index in [4.69, 9.17) is 0 Å². The summed E-state index contributed by atoms with van der Waals surface area (Å²) in [5.74, 6) is 0. The van der Waals surface area contributed by atoms with Crippen molar-refractivity contribution in [3.05, 3.63) is 29.6 Å². The van der Waals surface area contributed by atoms with E-state index in [-0.39, 0.29) is 5.54 Å². The predicted molar refractivity (Wildman–Crippen MR) is 78.1 cm³/mol. The largest absolute Gasteiger partial charge is 0.433 e. The van der Waals surface area contributed by atoms with Crippen LogP contribution < -0.4 is 5.32 Å². The number of alkyl halides is 3. The maximum Gasteiger partial charge on any atom is 0.433 e. The minimum atomic E-state index is -4.36. The zero-order valence-corrected chi connectivity index (χ0v) is 12.7. The smallest absolute Gasteiger partial charge is 0.311 e. The molecule has 2 nitrogen and oxygen atoms in total. The maximum atomic E-state index is 12.5. The molecular weight excluding hydrogens is 285 g/mol. The Morgan fingerprint density at radius 3 is 2.45 bits per heavy atom. The van der Waals surface area contributed by atoms with Crippen molar-refractivity contribution < 1.29 is 13.2 Å². The molecule has 0 aliphatic heterocycles. The van der Waals surface area contributed by atoms with E-state index < -0.39 is 11.9 Å². The van der Waals surface area contributed by atoms with Gasteiger partial charge in [-0.1, -0.05) is 6.07 Å². The summed E-state index contributed by atoms with van der Waals surface area (Å²) in [6.07, 6.45) is 1.38. The van der Waals surface area contributed by atoms with E-state index >= 15 is 0 Å². The highest BCUT2D eigenvalue weighted by molar-refractivity contribution is 7.79. The third-order valence-electron chi connectivity index (χ3n) is 3.49. The summed E-state index contributed by atoms with van der Waals surface area (Å²) < 4.78 is 37.4. The minimum Gasteiger partial charge on any atom is -0.311 e. The van der Waals surface area contributed by atoms with Gasteiger partial charge in [-0.05, 0) is 44.6 Å². The second-order valence-corrected chi connectivity index (χ2v) is 5.10. The molecule has 6 heteroatoms. The summed E-state index contributed by atoms with van der Waals surface area (Å²) in [7, 11) is 0. The van der Waals surface area contributed by atoms with E-state index in [0.29, 0.717) is 18.7 Å². The molecule has 0 aromatic carbocycles. The fourth-order valence-electron chi connectivity index (χ4n) is 2.15. The first-order valence-electron chi connectivity index (χ1n) is 6.62. The van der Waals surface area contributed by atoms with Gasteiger partial charge in [-0.2, -0.15) is 25.8 Å². The molecule has 1 aliphatic rings. The second kappa shape index (κ2) is 7.31. The lowest BCUT2D eigenvalue weighted by molar-refractivity contribution is -0.141. The monoisotopic (exact) mass is 306 g/mol. The van der Waals surface area contributed by atoms with Gasteiger partial charge in [0.25, 0.3) is 0 Å². The number of halogens is 3. The summed E-state index contributed by atoms with van der Waals surface area (Å²) in [5.41, 5.74) is -0.142. The predicted octanol–water partition coefficient (Wildman–Crippen LogP) is 3.72. The van der Waals surface area contributed by atoms with Gasteiger partial charge in [-0.25, -0.2) is 4.98 Å². The molecule has 0 atom stereocenters. The van der Waals surface area contributed by atoms with E-state index in [1.54, 1.807) is 12.3 Å². The van der Waals surface area contributed by atoms with E-state index in [9.17, 15) is 13.2 Å². The fraction of sp³-hybridized carbons (Fsp3) is 0.643. The van der Waals surface area contributed by atoms with Gasteiger partial charge in [0, 0.05) is 24.2 Å². The molecule has 1 fully saturated rings. The lowest BCUT2D eigenvalue weighted by atomic mass is 9.78. The summed E-state index contributed by atoms with van der Waals surface area (Å²) in [6, 6.07) is 4.06. The van der Waals surface area contributed by atoms with E-state index in [0.717, 1.165) is 18.9 Å². The van der Waals surface area contributed by atoms with Gasteiger partial charge in [-0.3, -0.25) is 0 Å². The highest BCUT2D eigenvalue weighted by atomic mass is 32.1. The Hall–Kier alpha value is -0.750. The van der Waals surface area contributed by atoms with Gasteiger partial charge in [0.1, 0.15) is 5.69 Å². The Morgan fingerprint density at radius 1 is 1.30 bits per heavy atom. The third kappa shape index (κ3) is 4.98. The van der Waals surface area contributed by atoms with Crippen molar-refractivity contribution in [3.8, 4) is 0 Å². The summed E-state index contributed by atoms with van der Waals surface area (Å²) in [4.78, 5) is 3.64. The van der Waals surface area contributed by atoms with Crippen molar-refractivity contribution in [2.75, 3.05) is 12.8 Å². The number of nitrogens with zero attached hydrogens (tertiary/aromatic N) is 1. The molecule has 0 bridgehead atoms. The van der Waals surface area contributed by atoms with Crippen LogP contribution in [0, 0.1) is 0 Å². The van der Waals surface area contributed by atoms with Crippen molar-refractivity contribution in [1.29, 1.82) is 0 Å². The van der Waals surface area contributed by atoms with Crippen molar-refractivity contribution >= 4 is 12.6 Å². The molecule has 0 amide bonds. The molecule has 20 heavy (non-hydrogen) atoms. The van der Waals surface area contributed by atoms with Crippen LogP contribution in [0.4, 0.5) is 13.2 Å².